The van der Waals surface area contributed by atoms with Crippen molar-refractivity contribution in [2.45, 2.75) is 54.7 Å². The number of urea groups is 1. The molecular formula is C14H19N3O8S2. The summed E-state index contributed by atoms with van der Waals surface area (Å²) in [6.07, 6.45) is 1.11. The third kappa shape index (κ3) is 4.35. The van der Waals surface area contributed by atoms with Gasteiger partial charge >= 0.3 is 12.0 Å². The van der Waals surface area contributed by atoms with E-state index in [2.05, 4.69) is 15.5 Å². The number of hydrogen-bond acceptors (Lipinski definition) is 8. The summed E-state index contributed by atoms with van der Waals surface area (Å²) < 4.78 is 31.0. The standard InChI is InChI=1S/C14H19N3O8S2/c18-10-5-9(27(22,23)24)13(20)17(10)25-11(19)4-2-1-3-8-12-7(6-26-8)15-14(21)16-12/h7-9,12H,1-6H2,(H2,15,16,21)(H,22,23,24). The molecule has 3 saturated heterocycles. The molecule has 27 heavy (non-hydrogen) atoms. The van der Waals surface area contributed by atoms with E-state index in [-0.39, 0.29) is 34.8 Å². The summed E-state index contributed by atoms with van der Waals surface area (Å²) in [5.41, 5.74) is 0. The third-order valence-corrected chi connectivity index (χ3v) is 7.27. The summed E-state index contributed by atoms with van der Waals surface area (Å²) >= 11 is 1.75. The minimum atomic E-state index is -4.74. The van der Waals surface area contributed by atoms with Crippen LogP contribution in [0.1, 0.15) is 32.1 Å². The molecule has 0 aromatic carbocycles. The number of imide groups is 1. The number of nitrogens with zero attached hydrogens (tertiary/aromatic N) is 1. The Balaban J connectivity index is 1.40. The Labute approximate surface area is 159 Å². The smallest absolute Gasteiger partial charge is 0.332 e. The normalized spacial score (nSPS) is 30.3. The van der Waals surface area contributed by atoms with Crippen molar-refractivity contribution >= 4 is 45.7 Å². The van der Waals surface area contributed by atoms with Gasteiger partial charge in [0.05, 0.1) is 18.5 Å². The van der Waals surface area contributed by atoms with Gasteiger partial charge in [-0.3, -0.25) is 14.1 Å². The molecule has 0 aromatic rings. The summed E-state index contributed by atoms with van der Waals surface area (Å²) in [7, 11) is -4.74. The lowest BCUT2D eigenvalue weighted by atomic mass is 10.0. The number of thioether (sulfide) groups is 1. The lowest BCUT2D eigenvalue weighted by Crippen LogP contribution is -2.37. The molecule has 150 valence electrons. The number of fused-ring (bicyclic) bond motifs is 1. The van der Waals surface area contributed by atoms with Gasteiger partial charge in [-0.05, 0) is 12.8 Å². The predicted molar refractivity (Wildman–Crippen MR) is 91.9 cm³/mol. The van der Waals surface area contributed by atoms with Crippen molar-refractivity contribution in [2.24, 2.45) is 0 Å². The Kier molecular flexibility index (Phi) is 5.63. The highest BCUT2D eigenvalue weighted by Gasteiger charge is 2.48. The Bertz CT molecular complexity index is 770. The molecule has 3 heterocycles. The Hall–Kier alpha value is -1.86. The predicted octanol–water partition coefficient (Wildman–Crippen LogP) is -0.814. The Morgan fingerprint density at radius 3 is 2.67 bits per heavy atom. The quantitative estimate of drug-likeness (QED) is 0.207. The molecule has 4 atom stereocenters. The van der Waals surface area contributed by atoms with Crippen molar-refractivity contribution in [1.29, 1.82) is 0 Å². The lowest BCUT2D eigenvalue weighted by Gasteiger charge is -2.16. The highest BCUT2D eigenvalue weighted by atomic mass is 32.2. The fraction of sp³-hybridized carbons (Fsp3) is 0.714. The average molecular weight is 421 g/mol. The van der Waals surface area contributed by atoms with Gasteiger partial charge in [0.25, 0.3) is 21.9 Å². The van der Waals surface area contributed by atoms with E-state index in [4.69, 9.17) is 4.55 Å². The summed E-state index contributed by atoms with van der Waals surface area (Å²) in [4.78, 5) is 51.2. The molecule has 3 N–H and O–H groups in total. The maximum atomic E-state index is 11.8. The van der Waals surface area contributed by atoms with Crippen LogP contribution in [-0.4, -0.2) is 70.2 Å². The van der Waals surface area contributed by atoms with Crippen molar-refractivity contribution in [3.8, 4) is 0 Å². The summed E-state index contributed by atoms with van der Waals surface area (Å²) in [5, 5.41) is 4.15. The minimum Gasteiger partial charge on any atom is -0.332 e. The zero-order chi connectivity index (χ0) is 19.8. The minimum absolute atomic E-state index is 0.0519. The topological polar surface area (TPSA) is 159 Å². The van der Waals surface area contributed by atoms with Gasteiger partial charge in [-0.2, -0.15) is 20.2 Å². The van der Waals surface area contributed by atoms with E-state index in [9.17, 15) is 27.6 Å². The number of amides is 4. The molecule has 3 fully saturated rings. The monoisotopic (exact) mass is 421 g/mol. The molecule has 0 spiro atoms. The molecule has 13 heteroatoms. The van der Waals surface area contributed by atoms with E-state index in [1.54, 1.807) is 11.8 Å². The molecular weight excluding hydrogens is 402 g/mol. The number of nitrogens with one attached hydrogen (secondary N) is 2. The van der Waals surface area contributed by atoms with Crippen LogP contribution < -0.4 is 10.6 Å². The molecule has 0 aromatic heterocycles. The van der Waals surface area contributed by atoms with Crippen LogP contribution in [0.25, 0.3) is 0 Å². The fourth-order valence-corrected chi connectivity index (χ4v) is 5.56. The van der Waals surface area contributed by atoms with Crippen molar-refractivity contribution < 1.29 is 37.0 Å². The van der Waals surface area contributed by atoms with E-state index in [1.807, 2.05) is 0 Å². The molecule has 3 aliphatic heterocycles. The van der Waals surface area contributed by atoms with Crippen LogP contribution in [0.2, 0.25) is 0 Å². The maximum absolute atomic E-state index is 11.8. The first kappa shape index (κ1) is 19.9. The van der Waals surface area contributed by atoms with Gasteiger partial charge in [0.2, 0.25) is 0 Å². The number of carbonyl (C=O) groups excluding carboxylic acids is 4. The second kappa shape index (κ2) is 7.64. The van der Waals surface area contributed by atoms with Crippen molar-refractivity contribution in [2.75, 3.05) is 5.75 Å². The van der Waals surface area contributed by atoms with Crippen molar-refractivity contribution in [3.05, 3.63) is 0 Å². The van der Waals surface area contributed by atoms with Gasteiger partial charge in [0.1, 0.15) is 0 Å². The van der Waals surface area contributed by atoms with Crippen molar-refractivity contribution in [1.82, 2.24) is 15.7 Å². The van der Waals surface area contributed by atoms with Crippen LogP contribution in [0.5, 0.6) is 0 Å². The van der Waals surface area contributed by atoms with Crippen LogP contribution in [0.3, 0.4) is 0 Å². The average Bonchev–Trinajstić information content (AvgIpc) is 3.19. The highest BCUT2D eigenvalue weighted by Crippen LogP contribution is 2.33. The molecule has 11 nitrogen and oxygen atoms in total. The van der Waals surface area contributed by atoms with E-state index in [1.165, 1.54) is 0 Å². The second-order valence-corrected chi connectivity index (χ2v) is 9.44. The largest absolute Gasteiger partial charge is 0.333 e. The number of carbonyl (C=O) groups is 4. The van der Waals surface area contributed by atoms with Gasteiger partial charge in [0, 0.05) is 17.4 Å². The molecule has 0 saturated carbocycles. The first-order valence-corrected chi connectivity index (χ1v) is 10.9. The SMILES string of the molecule is O=C1NC2CSC(CCCCC(=O)ON3C(=O)CC(S(=O)(=O)O)C3=O)C2N1. The van der Waals surface area contributed by atoms with E-state index >= 15 is 0 Å². The first-order valence-electron chi connectivity index (χ1n) is 8.39. The van der Waals surface area contributed by atoms with Crippen LogP contribution in [0.15, 0.2) is 0 Å². The van der Waals surface area contributed by atoms with Gasteiger partial charge in [-0.25, -0.2) is 9.59 Å². The first-order chi connectivity index (χ1) is 12.7. The Morgan fingerprint density at radius 2 is 2.00 bits per heavy atom. The van der Waals surface area contributed by atoms with Crippen molar-refractivity contribution in [3.63, 3.8) is 0 Å². The number of hydroxylamine groups is 2. The second-order valence-electron chi connectivity index (χ2n) is 6.57. The zero-order valence-corrected chi connectivity index (χ0v) is 15.8. The van der Waals surface area contributed by atoms with Crippen LogP contribution in [0, 0.1) is 0 Å². The fourth-order valence-electron chi connectivity index (χ4n) is 3.32. The van der Waals surface area contributed by atoms with Gasteiger partial charge in [-0.15, -0.1) is 5.06 Å². The molecule has 3 rings (SSSR count). The summed E-state index contributed by atoms with van der Waals surface area (Å²) in [6, 6.07) is 0.0362. The maximum Gasteiger partial charge on any atom is 0.333 e. The molecule has 0 aliphatic carbocycles. The number of rotatable bonds is 7. The van der Waals surface area contributed by atoms with E-state index in [0.29, 0.717) is 12.8 Å². The molecule has 4 unspecified atom stereocenters. The van der Waals surface area contributed by atoms with Gasteiger partial charge in [-0.1, -0.05) is 6.42 Å². The molecule has 4 amide bonds. The third-order valence-electron chi connectivity index (χ3n) is 4.67. The molecule has 3 aliphatic rings. The van der Waals surface area contributed by atoms with Crippen LogP contribution in [-0.2, 0) is 29.3 Å². The zero-order valence-electron chi connectivity index (χ0n) is 14.1. The van der Waals surface area contributed by atoms with Crippen LogP contribution in [0.4, 0.5) is 4.79 Å². The van der Waals surface area contributed by atoms with Gasteiger partial charge < -0.3 is 15.5 Å². The summed E-state index contributed by atoms with van der Waals surface area (Å²) in [5.74, 6) is -2.26. The van der Waals surface area contributed by atoms with Crippen LogP contribution >= 0.6 is 11.8 Å². The highest BCUT2D eigenvalue weighted by molar-refractivity contribution is 8.00. The van der Waals surface area contributed by atoms with E-state index < -0.39 is 39.6 Å². The Morgan fingerprint density at radius 1 is 1.26 bits per heavy atom. The summed E-state index contributed by atoms with van der Waals surface area (Å²) in [6.45, 7) is 0. The number of unbranched alkanes of at least 4 members (excludes halogenated alkanes) is 1. The van der Waals surface area contributed by atoms with Gasteiger partial charge in [0.15, 0.2) is 5.25 Å². The lowest BCUT2D eigenvalue weighted by molar-refractivity contribution is -0.197. The molecule has 0 radical (unpaired) electrons. The van der Waals surface area contributed by atoms with E-state index in [0.717, 1.165) is 12.2 Å². The molecule has 0 bridgehead atoms. The number of hydrogen-bond donors (Lipinski definition) is 3.